The van der Waals surface area contributed by atoms with Crippen molar-refractivity contribution in [3.05, 3.63) is 36.5 Å². The van der Waals surface area contributed by atoms with Gasteiger partial charge in [-0.15, -0.1) is 0 Å². The zero-order valence-corrected chi connectivity index (χ0v) is 41.5. The van der Waals surface area contributed by atoms with Crippen molar-refractivity contribution in [1.29, 1.82) is 0 Å². The van der Waals surface area contributed by atoms with Gasteiger partial charge in [-0.1, -0.05) is 211 Å². The highest BCUT2D eigenvalue weighted by atomic mass is 32.3. The minimum absolute atomic E-state index is 0.237. The number of carbonyl (C=O) groups is 1. The molecule has 13 nitrogen and oxygen atoms in total. The number of aliphatic hydroxyl groups excluding tert-OH is 5. The number of hydrogen-bond donors (Lipinski definition) is 7. The largest absolute Gasteiger partial charge is 0.397 e. The zero-order valence-electron chi connectivity index (χ0n) is 40.7. The molecule has 0 radical (unpaired) electrons. The first-order valence-electron chi connectivity index (χ1n) is 26.0. The first-order valence-corrected chi connectivity index (χ1v) is 27.3. The van der Waals surface area contributed by atoms with Crippen molar-refractivity contribution >= 4 is 16.3 Å². The molecule has 1 amide bonds. The minimum Gasteiger partial charge on any atom is -0.394 e. The monoisotopic (exact) mass is 946 g/mol. The molecular formula is C51H95NO12S. The average molecular weight is 946 g/mol. The number of carbonyl (C=O) groups excluding carboxylic acids is 1. The van der Waals surface area contributed by atoms with Gasteiger partial charge >= 0.3 is 10.4 Å². The lowest BCUT2D eigenvalue weighted by Gasteiger charge is -2.41. The van der Waals surface area contributed by atoms with E-state index in [4.69, 9.17) is 9.47 Å². The molecule has 1 aliphatic rings. The highest BCUT2D eigenvalue weighted by Gasteiger charge is 2.48. The van der Waals surface area contributed by atoms with E-state index in [1.54, 1.807) is 6.08 Å². The summed E-state index contributed by atoms with van der Waals surface area (Å²) in [4.78, 5) is 13.2. The van der Waals surface area contributed by atoms with E-state index in [1.807, 2.05) is 0 Å². The Hall–Kier alpha value is -1.72. The van der Waals surface area contributed by atoms with E-state index in [-0.39, 0.29) is 6.42 Å². The number of aliphatic hydroxyl groups is 5. The number of rotatable bonds is 44. The minimum atomic E-state index is -5.13. The van der Waals surface area contributed by atoms with E-state index in [2.05, 4.69) is 47.7 Å². The molecule has 0 aromatic carbocycles. The molecule has 0 saturated carbocycles. The van der Waals surface area contributed by atoms with Crippen LogP contribution in [0.5, 0.6) is 0 Å². The Bertz CT molecular complexity index is 1310. The molecule has 0 aliphatic carbocycles. The summed E-state index contributed by atoms with van der Waals surface area (Å²) in [6.07, 6.45) is 38.0. The van der Waals surface area contributed by atoms with Crippen LogP contribution in [0.15, 0.2) is 36.5 Å². The number of unbranched alkanes of at least 4 members (excludes halogenated alkanes) is 27. The first-order chi connectivity index (χ1) is 31.4. The Morgan fingerprint density at radius 2 is 1.03 bits per heavy atom. The molecule has 8 unspecified atom stereocenters. The van der Waals surface area contributed by atoms with Crippen molar-refractivity contribution in [3.8, 4) is 0 Å². The van der Waals surface area contributed by atoms with Gasteiger partial charge in [0.25, 0.3) is 0 Å². The second-order valence-electron chi connectivity index (χ2n) is 18.2. The topological polar surface area (TPSA) is 212 Å². The molecule has 0 spiro atoms. The van der Waals surface area contributed by atoms with Gasteiger partial charge in [-0.3, -0.25) is 9.35 Å². The van der Waals surface area contributed by atoms with Crippen molar-refractivity contribution in [2.24, 2.45) is 0 Å². The lowest BCUT2D eigenvalue weighted by atomic mass is 9.99. The van der Waals surface area contributed by atoms with Gasteiger partial charge in [0.1, 0.15) is 30.5 Å². The molecule has 7 N–H and O–H groups in total. The second-order valence-corrected chi connectivity index (χ2v) is 19.3. The highest BCUT2D eigenvalue weighted by Crippen LogP contribution is 2.26. The van der Waals surface area contributed by atoms with E-state index in [9.17, 15) is 43.3 Å². The summed E-state index contributed by atoms with van der Waals surface area (Å²) in [7, 11) is -5.13. The smallest absolute Gasteiger partial charge is 0.394 e. The van der Waals surface area contributed by atoms with E-state index in [1.165, 1.54) is 147 Å². The van der Waals surface area contributed by atoms with Crippen molar-refractivity contribution in [2.75, 3.05) is 13.2 Å². The van der Waals surface area contributed by atoms with Crippen molar-refractivity contribution in [1.82, 2.24) is 5.32 Å². The molecule has 65 heavy (non-hydrogen) atoms. The van der Waals surface area contributed by atoms with Crippen molar-refractivity contribution in [3.63, 3.8) is 0 Å². The summed E-state index contributed by atoms with van der Waals surface area (Å²) in [5.41, 5.74) is 0. The van der Waals surface area contributed by atoms with Crippen molar-refractivity contribution in [2.45, 2.75) is 268 Å². The van der Waals surface area contributed by atoms with Crippen LogP contribution in [0, 0.1) is 0 Å². The third kappa shape index (κ3) is 33.4. The summed E-state index contributed by atoms with van der Waals surface area (Å²) in [5.74, 6) is -0.714. The molecule has 14 heteroatoms. The Balaban J connectivity index is 2.52. The SMILES string of the molecule is CCCCCCCC/C=C/CC/C=C/CC/C=C/C(O)C(COC1OC(CO)C(O)C(OS(=O)(=O)O)C1O)NC(=O)C(O)CCCCCCCCCCCCCCCCCCCCCC. The van der Waals surface area contributed by atoms with Gasteiger partial charge in [0.2, 0.25) is 5.91 Å². The van der Waals surface area contributed by atoms with Gasteiger partial charge in [-0.05, 0) is 44.9 Å². The van der Waals surface area contributed by atoms with E-state index in [0.29, 0.717) is 12.8 Å². The van der Waals surface area contributed by atoms with Gasteiger partial charge in [0.05, 0.1) is 25.4 Å². The average Bonchev–Trinajstić information content (AvgIpc) is 3.28. The van der Waals surface area contributed by atoms with Crippen LogP contribution in [0.25, 0.3) is 0 Å². The maximum Gasteiger partial charge on any atom is 0.397 e. The molecule has 0 aromatic heterocycles. The predicted molar refractivity (Wildman–Crippen MR) is 261 cm³/mol. The van der Waals surface area contributed by atoms with Crippen LogP contribution >= 0.6 is 0 Å². The van der Waals surface area contributed by atoms with Gasteiger partial charge in [-0.2, -0.15) is 8.42 Å². The van der Waals surface area contributed by atoms with Crippen LogP contribution in [-0.4, -0.2) is 107 Å². The first kappa shape index (κ1) is 61.3. The number of nitrogens with one attached hydrogen (secondary N) is 1. The maximum absolute atomic E-state index is 13.2. The number of amides is 1. The molecule has 1 fully saturated rings. The van der Waals surface area contributed by atoms with Crippen molar-refractivity contribution < 1.29 is 57.0 Å². The fourth-order valence-corrected chi connectivity index (χ4v) is 8.65. The van der Waals surface area contributed by atoms with Gasteiger partial charge in [0.15, 0.2) is 6.29 Å². The number of ether oxygens (including phenoxy) is 2. The highest BCUT2D eigenvalue weighted by molar-refractivity contribution is 7.80. The van der Waals surface area contributed by atoms with Gasteiger partial charge in [0, 0.05) is 0 Å². The Morgan fingerprint density at radius 3 is 1.48 bits per heavy atom. The summed E-state index contributed by atoms with van der Waals surface area (Å²) < 4.78 is 47.6. The normalized spacial score (nSPS) is 20.9. The molecule has 1 rings (SSSR count). The third-order valence-corrected chi connectivity index (χ3v) is 12.7. The molecule has 8 atom stereocenters. The van der Waals surface area contributed by atoms with Crippen LogP contribution in [0.1, 0.15) is 219 Å². The Morgan fingerprint density at radius 1 is 0.615 bits per heavy atom. The van der Waals surface area contributed by atoms with Crippen LogP contribution in [-0.2, 0) is 28.9 Å². The predicted octanol–water partition coefficient (Wildman–Crippen LogP) is 10.0. The maximum atomic E-state index is 13.2. The second kappa shape index (κ2) is 41.3. The third-order valence-electron chi connectivity index (χ3n) is 12.3. The molecular weight excluding hydrogens is 851 g/mol. The van der Waals surface area contributed by atoms with E-state index in [0.717, 1.165) is 44.9 Å². The van der Waals surface area contributed by atoms with Crippen LogP contribution in [0.2, 0.25) is 0 Å². The molecule has 1 saturated heterocycles. The zero-order chi connectivity index (χ0) is 47.8. The summed E-state index contributed by atoms with van der Waals surface area (Å²) in [5, 5.41) is 55.3. The van der Waals surface area contributed by atoms with Crippen LogP contribution < -0.4 is 5.32 Å². The van der Waals surface area contributed by atoms with E-state index < -0.39 is 78.5 Å². The molecule has 382 valence electrons. The standard InChI is InChI=1S/C51H95NO12S/c1-3-5-7-9-11-13-15-17-19-21-22-23-24-26-28-30-32-34-36-38-40-45(55)50(58)52-43(42-62-51-48(57)49(64-65(59,60)61)47(56)46(41-53)63-51)44(54)39-37-35-33-31-29-27-25-20-18-16-14-12-10-8-6-4-2/h18,20,29,31,37,39,43-49,51,53-57H,3-17,19,21-28,30,32-36,38,40-42H2,1-2H3,(H,52,58)(H,59,60,61)/b20-18+,31-29+,39-37+. The Labute approximate surface area is 395 Å². The fourth-order valence-electron chi connectivity index (χ4n) is 8.14. The number of hydrogen-bond acceptors (Lipinski definition) is 11. The van der Waals surface area contributed by atoms with Crippen LogP contribution in [0.4, 0.5) is 0 Å². The quantitative estimate of drug-likeness (QED) is 0.0173. The summed E-state index contributed by atoms with van der Waals surface area (Å²) >= 11 is 0. The fraction of sp³-hybridized carbons (Fsp3) is 0.863. The molecule has 0 bridgehead atoms. The van der Waals surface area contributed by atoms with Gasteiger partial charge < -0.3 is 40.3 Å². The van der Waals surface area contributed by atoms with Gasteiger partial charge in [-0.25, -0.2) is 4.18 Å². The lowest BCUT2D eigenvalue weighted by molar-refractivity contribution is -0.298. The molecule has 0 aromatic rings. The summed E-state index contributed by atoms with van der Waals surface area (Å²) in [6, 6.07) is -1.14. The number of allylic oxidation sites excluding steroid dienone is 5. The van der Waals surface area contributed by atoms with Crippen LogP contribution in [0.3, 0.4) is 0 Å². The van der Waals surface area contributed by atoms with E-state index >= 15 is 0 Å². The molecule has 1 aliphatic heterocycles. The lowest BCUT2D eigenvalue weighted by Crippen LogP contribution is -2.61. The molecule has 1 heterocycles. The Kier molecular flexibility index (Phi) is 38.9. The summed E-state index contributed by atoms with van der Waals surface area (Å²) in [6.45, 7) is 3.21.